The topological polar surface area (TPSA) is 20.1 Å². The van der Waals surface area contributed by atoms with Crippen LogP contribution in [0.3, 0.4) is 0 Å². The van der Waals surface area contributed by atoms with Crippen molar-refractivity contribution in [3.8, 4) is 0 Å². The summed E-state index contributed by atoms with van der Waals surface area (Å²) in [6, 6.07) is 8.38. The van der Waals surface area contributed by atoms with E-state index in [-0.39, 0.29) is 5.78 Å². The van der Waals surface area contributed by atoms with Crippen LogP contribution in [0.15, 0.2) is 24.3 Å². The third kappa shape index (κ3) is 1.34. The Labute approximate surface area is 110 Å². The van der Waals surface area contributed by atoms with Gasteiger partial charge in [-0.1, -0.05) is 18.2 Å². The third-order valence-corrected chi connectivity index (χ3v) is 5.20. The summed E-state index contributed by atoms with van der Waals surface area (Å²) >= 11 is 1.67. The molecule has 1 aromatic carbocycles. The summed E-state index contributed by atoms with van der Waals surface area (Å²) in [5.74, 6) is 0.289. The van der Waals surface area contributed by atoms with Gasteiger partial charge in [0.15, 0.2) is 6.54 Å². The zero-order chi connectivity index (χ0) is 12.1. The molecule has 2 aliphatic rings. The number of carbonyl (C=O) groups excluding carboxylic acids is 1. The van der Waals surface area contributed by atoms with E-state index >= 15 is 0 Å². The maximum Gasteiger partial charge on any atom is 0.262 e. The average molecular weight is 256 g/mol. The Bertz CT molecular complexity index is 696. The Balaban J connectivity index is 1.96. The van der Waals surface area contributed by atoms with Gasteiger partial charge in [-0.05, 0) is 12.5 Å². The van der Waals surface area contributed by atoms with Crippen LogP contribution in [0.2, 0.25) is 0 Å². The molecule has 0 spiro atoms. The van der Waals surface area contributed by atoms with Gasteiger partial charge in [0.25, 0.3) is 5.78 Å². The van der Waals surface area contributed by atoms with Crippen molar-refractivity contribution in [1.29, 1.82) is 0 Å². The van der Waals surface area contributed by atoms with Gasteiger partial charge < -0.3 is 0 Å². The Kier molecular flexibility index (Phi) is 2.18. The van der Waals surface area contributed by atoms with Crippen LogP contribution in [0.4, 0.5) is 0 Å². The largest absolute Gasteiger partial charge is 0.281 e. The maximum absolute atomic E-state index is 12.6. The Morgan fingerprint density at radius 1 is 1.17 bits per heavy atom. The Morgan fingerprint density at radius 2 is 2.06 bits per heavy atom. The second-order valence-electron chi connectivity index (χ2n) is 5.06. The molecule has 0 aliphatic carbocycles. The maximum atomic E-state index is 12.6. The first-order valence-electron chi connectivity index (χ1n) is 6.50. The van der Waals surface area contributed by atoms with E-state index in [2.05, 4.69) is 28.8 Å². The fourth-order valence-corrected chi connectivity index (χ4v) is 4.26. The second kappa shape index (κ2) is 3.75. The molecule has 0 atom stereocenters. The summed E-state index contributed by atoms with van der Waals surface area (Å²) in [5.41, 5.74) is 2.31. The van der Waals surface area contributed by atoms with Gasteiger partial charge in [0.1, 0.15) is 6.54 Å². The van der Waals surface area contributed by atoms with Gasteiger partial charge in [0.05, 0.1) is 4.88 Å². The molecule has 2 aliphatic heterocycles. The average Bonchev–Trinajstić information content (AvgIpc) is 2.79. The van der Waals surface area contributed by atoms with E-state index in [9.17, 15) is 4.79 Å². The lowest BCUT2D eigenvalue weighted by atomic mass is 9.96. The van der Waals surface area contributed by atoms with Crippen LogP contribution in [0.5, 0.6) is 0 Å². The molecule has 0 saturated carbocycles. The fourth-order valence-electron chi connectivity index (χ4n) is 3.08. The molecule has 0 N–H and O–H groups in total. The predicted octanol–water partition coefficient (Wildman–Crippen LogP) is 3.24. The minimum atomic E-state index is 0.289. The molecule has 0 saturated heterocycles. The van der Waals surface area contributed by atoms with E-state index < -0.39 is 0 Å². The van der Waals surface area contributed by atoms with Crippen molar-refractivity contribution in [3.05, 3.63) is 34.7 Å². The lowest BCUT2D eigenvalue weighted by molar-refractivity contribution is -0.548. The monoisotopic (exact) mass is 256 g/mol. The highest BCUT2D eigenvalue weighted by molar-refractivity contribution is 7.21. The number of nitrogens with zero attached hydrogens (tertiary/aromatic N) is 1. The molecule has 0 unspecified atom stereocenters. The van der Waals surface area contributed by atoms with Crippen LogP contribution in [0, 0.1) is 0 Å². The molecule has 3 heteroatoms. The third-order valence-electron chi connectivity index (χ3n) is 3.99. The van der Waals surface area contributed by atoms with Gasteiger partial charge in [-0.15, -0.1) is 11.3 Å². The van der Waals surface area contributed by atoms with Gasteiger partial charge in [-0.2, -0.15) is 0 Å². The molecule has 0 radical (unpaired) electrons. The molecule has 0 bridgehead atoms. The van der Waals surface area contributed by atoms with Crippen molar-refractivity contribution in [2.75, 3.05) is 6.54 Å². The molecule has 3 heterocycles. The molecule has 90 valence electrons. The number of fused-ring (bicyclic) bond motifs is 3. The molecule has 18 heavy (non-hydrogen) atoms. The minimum Gasteiger partial charge on any atom is -0.281 e. The van der Waals surface area contributed by atoms with Gasteiger partial charge in [0.2, 0.25) is 5.71 Å². The van der Waals surface area contributed by atoms with Crippen LogP contribution >= 0.6 is 11.3 Å². The first kappa shape index (κ1) is 10.4. The molecule has 2 aromatic rings. The van der Waals surface area contributed by atoms with Crippen LogP contribution in [-0.2, 0) is 6.54 Å². The number of thiophene rings is 1. The normalized spacial score (nSPS) is 19.0. The summed E-state index contributed by atoms with van der Waals surface area (Å²) in [7, 11) is 0. The zero-order valence-corrected chi connectivity index (χ0v) is 10.9. The van der Waals surface area contributed by atoms with E-state index in [4.69, 9.17) is 0 Å². The molecule has 0 fully saturated rings. The van der Waals surface area contributed by atoms with E-state index in [1.165, 1.54) is 22.1 Å². The summed E-state index contributed by atoms with van der Waals surface area (Å²) < 4.78 is 3.55. The van der Waals surface area contributed by atoms with Gasteiger partial charge in [-0.3, -0.25) is 4.79 Å². The number of hydrogen-bond donors (Lipinski definition) is 0. The van der Waals surface area contributed by atoms with Gasteiger partial charge in [-0.25, -0.2) is 4.58 Å². The van der Waals surface area contributed by atoms with Crippen LogP contribution < -0.4 is 0 Å². The molecule has 2 nitrogen and oxygen atoms in total. The van der Waals surface area contributed by atoms with E-state index in [1.807, 2.05) is 0 Å². The number of carbonyl (C=O) groups is 1. The SMILES string of the molecule is O=C1C2=[N+](CCCC2)Cc2c1sc1ccccc21. The van der Waals surface area contributed by atoms with Crippen LogP contribution in [0.1, 0.15) is 34.5 Å². The van der Waals surface area contributed by atoms with Crippen molar-refractivity contribution in [2.24, 2.45) is 0 Å². The Morgan fingerprint density at radius 3 is 3.00 bits per heavy atom. The number of rotatable bonds is 0. The van der Waals surface area contributed by atoms with E-state index in [1.54, 1.807) is 11.3 Å². The van der Waals surface area contributed by atoms with Crippen LogP contribution in [-0.4, -0.2) is 22.6 Å². The Hall–Kier alpha value is -1.48. The van der Waals surface area contributed by atoms with E-state index in [0.717, 1.165) is 36.5 Å². The number of ketones is 1. The number of benzene rings is 1. The molecule has 0 amide bonds. The number of Topliss-reactive ketones (excluding diaryl/α,β-unsaturated/α-hetero) is 1. The minimum absolute atomic E-state index is 0.289. The van der Waals surface area contributed by atoms with Crippen LogP contribution in [0.25, 0.3) is 10.1 Å². The second-order valence-corrected chi connectivity index (χ2v) is 6.11. The highest BCUT2D eigenvalue weighted by Crippen LogP contribution is 2.35. The molecule has 1 aromatic heterocycles. The first-order valence-corrected chi connectivity index (χ1v) is 7.32. The van der Waals surface area contributed by atoms with Crippen molar-refractivity contribution < 1.29 is 9.37 Å². The highest BCUT2D eigenvalue weighted by Gasteiger charge is 2.36. The lowest BCUT2D eigenvalue weighted by Crippen LogP contribution is -2.36. The summed E-state index contributed by atoms with van der Waals surface area (Å²) in [4.78, 5) is 13.5. The van der Waals surface area contributed by atoms with Crippen molar-refractivity contribution in [2.45, 2.75) is 25.8 Å². The summed E-state index contributed by atoms with van der Waals surface area (Å²) in [6.45, 7) is 1.98. The molecular weight excluding hydrogens is 242 g/mol. The lowest BCUT2D eigenvalue weighted by Gasteiger charge is -2.18. The van der Waals surface area contributed by atoms with E-state index in [0.29, 0.717) is 0 Å². The standard InChI is InChI=1S/C15H14NOS/c17-14-12-6-3-4-8-16(12)9-11-10-5-1-2-7-13(10)18-15(11)14/h1-2,5,7H,3-4,6,8-9H2/q+1. The summed E-state index contributed by atoms with van der Waals surface area (Å²) in [6.07, 6.45) is 3.35. The van der Waals surface area contributed by atoms with Crippen molar-refractivity contribution >= 4 is 32.9 Å². The fraction of sp³-hybridized carbons (Fsp3) is 0.333. The summed E-state index contributed by atoms with van der Waals surface area (Å²) in [5, 5.41) is 1.27. The zero-order valence-electron chi connectivity index (χ0n) is 10.1. The number of hydrogen-bond acceptors (Lipinski definition) is 2. The quantitative estimate of drug-likeness (QED) is 0.663. The van der Waals surface area contributed by atoms with Gasteiger partial charge in [0, 0.05) is 28.5 Å². The van der Waals surface area contributed by atoms with Gasteiger partial charge >= 0.3 is 0 Å². The van der Waals surface area contributed by atoms with Crippen molar-refractivity contribution in [3.63, 3.8) is 0 Å². The first-order chi connectivity index (χ1) is 8.84. The molecule has 4 rings (SSSR count). The smallest absolute Gasteiger partial charge is 0.262 e. The highest BCUT2D eigenvalue weighted by atomic mass is 32.1. The predicted molar refractivity (Wildman–Crippen MR) is 73.8 cm³/mol. The molecular formula is C15H14NOS+. The van der Waals surface area contributed by atoms with Crippen molar-refractivity contribution in [1.82, 2.24) is 0 Å².